The van der Waals surface area contributed by atoms with Crippen molar-refractivity contribution >= 4 is 0 Å². The summed E-state index contributed by atoms with van der Waals surface area (Å²) in [4.78, 5) is 4.25. The molecule has 0 spiro atoms. The maximum Gasteiger partial charge on any atom is 0.0571 e. The number of aryl methyl sites for hydroxylation is 1. The molecule has 0 saturated carbocycles. The largest absolute Gasteiger partial charge is 0.316 e. The number of aromatic nitrogens is 3. The van der Waals surface area contributed by atoms with Crippen LogP contribution in [0.4, 0.5) is 0 Å². The van der Waals surface area contributed by atoms with E-state index in [1.165, 1.54) is 5.56 Å². The first kappa shape index (κ1) is 10.8. The van der Waals surface area contributed by atoms with Crippen molar-refractivity contribution in [2.24, 2.45) is 7.05 Å². The van der Waals surface area contributed by atoms with Gasteiger partial charge in [-0.25, -0.2) is 0 Å². The van der Waals surface area contributed by atoms with Crippen LogP contribution in [0.3, 0.4) is 0 Å². The zero-order chi connectivity index (χ0) is 11.5. The smallest absolute Gasteiger partial charge is 0.0571 e. The van der Waals surface area contributed by atoms with Crippen LogP contribution in [-0.4, -0.2) is 21.8 Å². The van der Waals surface area contributed by atoms with Gasteiger partial charge in [0.25, 0.3) is 0 Å². The lowest BCUT2D eigenvalue weighted by molar-refractivity contribution is 0.740. The lowest BCUT2D eigenvalue weighted by Gasteiger charge is -2.04. The Balaban J connectivity index is 2.40. The molecule has 0 aromatic carbocycles. The molecule has 0 aliphatic rings. The van der Waals surface area contributed by atoms with Crippen molar-refractivity contribution in [3.63, 3.8) is 0 Å². The normalized spacial score (nSPS) is 10.7. The highest BCUT2D eigenvalue weighted by Gasteiger charge is 2.07. The van der Waals surface area contributed by atoms with Crippen molar-refractivity contribution in [3.8, 4) is 11.1 Å². The second-order valence-corrected chi connectivity index (χ2v) is 3.88. The van der Waals surface area contributed by atoms with E-state index < -0.39 is 0 Å². The number of rotatable bonds is 3. The van der Waals surface area contributed by atoms with Crippen LogP contribution in [0.1, 0.15) is 11.3 Å². The Morgan fingerprint density at radius 1 is 1.31 bits per heavy atom. The zero-order valence-electron chi connectivity index (χ0n) is 9.86. The van der Waals surface area contributed by atoms with E-state index in [0.717, 1.165) is 23.4 Å². The highest BCUT2D eigenvalue weighted by molar-refractivity contribution is 5.64. The summed E-state index contributed by atoms with van der Waals surface area (Å²) in [6.45, 7) is 2.90. The quantitative estimate of drug-likeness (QED) is 0.845. The van der Waals surface area contributed by atoms with Gasteiger partial charge in [0.1, 0.15) is 0 Å². The highest BCUT2D eigenvalue weighted by atomic mass is 15.3. The minimum Gasteiger partial charge on any atom is -0.316 e. The number of pyridine rings is 1. The molecule has 4 heteroatoms. The minimum absolute atomic E-state index is 0.833. The van der Waals surface area contributed by atoms with E-state index in [1.807, 2.05) is 37.4 Å². The third-order valence-corrected chi connectivity index (χ3v) is 2.72. The van der Waals surface area contributed by atoms with E-state index in [2.05, 4.69) is 28.4 Å². The average molecular weight is 216 g/mol. The fraction of sp³-hybridized carbons (Fsp3) is 0.333. The van der Waals surface area contributed by atoms with Gasteiger partial charge < -0.3 is 5.32 Å². The molecule has 0 aliphatic heterocycles. The molecule has 0 bridgehead atoms. The first-order valence-electron chi connectivity index (χ1n) is 5.30. The van der Waals surface area contributed by atoms with Crippen LogP contribution in [0.5, 0.6) is 0 Å². The second kappa shape index (κ2) is 4.45. The van der Waals surface area contributed by atoms with E-state index in [4.69, 9.17) is 0 Å². The molecule has 84 valence electrons. The van der Waals surface area contributed by atoms with Crippen LogP contribution >= 0.6 is 0 Å². The molecule has 16 heavy (non-hydrogen) atoms. The summed E-state index contributed by atoms with van der Waals surface area (Å²) in [5.74, 6) is 0. The summed E-state index contributed by atoms with van der Waals surface area (Å²) >= 11 is 0. The maximum absolute atomic E-state index is 4.25. The molecule has 0 atom stereocenters. The molecule has 2 rings (SSSR count). The highest BCUT2D eigenvalue weighted by Crippen LogP contribution is 2.22. The van der Waals surface area contributed by atoms with E-state index in [1.54, 1.807) is 0 Å². The summed E-state index contributed by atoms with van der Waals surface area (Å²) in [6.07, 6.45) is 5.64. The Morgan fingerprint density at radius 3 is 2.75 bits per heavy atom. The number of nitrogens with one attached hydrogen (secondary N) is 1. The monoisotopic (exact) mass is 216 g/mol. The van der Waals surface area contributed by atoms with Gasteiger partial charge in [0, 0.05) is 42.8 Å². The Morgan fingerprint density at radius 2 is 2.12 bits per heavy atom. The Labute approximate surface area is 95.3 Å². The molecular formula is C12H16N4. The lowest BCUT2D eigenvalue weighted by Crippen LogP contribution is -2.05. The van der Waals surface area contributed by atoms with Crippen molar-refractivity contribution in [2.45, 2.75) is 13.5 Å². The van der Waals surface area contributed by atoms with E-state index in [0.29, 0.717) is 0 Å². The van der Waals surface area contributed by atoms with Gasteiger partial charge in [-0.05, 0) is 25.6 Å². The molecular weight excluding hydrogens is 200 g/mol. The van der Waals surface area contributed by atoms with Crippen molar-refractivity contribution < 1.29 is 0 Å². The molecule has 0 fully saturated rings. The van der Waals surface area contributed by atoms with E-state index >= 15 is 0 Å². The third-order valence-electron chi connectivity index (χ3n) is 2.72. The standard InChI is InChI=1S/C12H16N4/c1-9-12(8-15-16(9)3)11-4-10(5-13-2)6-14-7-11/h4,6-8,13H,5H2,1-3H3. The first-order valence-corrected chi connectivity index (χ1v) is 5.30. The molecule has 0 unspecified atom stereocenters. The number of hydrogen-bond donors (Lipinski definition) is 1. The van der Waals surface area contributed by atoms with Gasteiger partial charge in [0.05, 0.1) is 6.20 Å². The van der Waals surface area contributed by atoms with Gasteiger partial charge in [-0.1, -0.05) is 0 Å². The average Bonchev–Trinajstić information content (AvgIpc) is 2.61. The summed E-state index contributed by atoms with van der Waals surface area (Å²) in [6, 6.07) is 2.15. The van der Waals surface area contributed by atoms with Crippen LogP contribution in [0.15, 0.2) is 24.7 Å². The van der Waals surface area contributed by atoms with Crippen molar-refractivity contribution in [3.05, 3.63) is 35.9 Å². The minimum atomic E-state index is 0.833. The van der Waals surface area contributed by atoms with Gasteiger partial charge in [-0.3, -0.25) is 9.67 Å². The summed E-state index contributed by atoms with van der Waals surface area (Å²) in [5.41, 5.74) is 4.61. The fourth-order valence-electron chi connectivity index (χ4n) is 1.72. The van der Waals surface area contributed by atoms with Crippen molar-refractivity contribution in [2.75, 3.05) is 7.05 Å². The predicted octanol–water partition coefficient (Wildman–Crippen LogP) is 1.51. The summed E-state index contributed by atoms with van der Waals surface area (Å²) in [5, 5.41) is 7.36. The molecule has 0 radical (unpaired) electrons. The Bertz CT molecular complexity index is 488. The van der Waals surface area contributed by atoms with Crippen LogP contribution in [0.25, 0.3) is 11.1 Å². The van der Waals surface area contributed by atoms with Crippen LogP contribution < -0.4 is 5.32 Å². The van der Waals surface area contributed by atoms with Gasteiger partial charge in [-0.2, -0.15) is 5.10 Å². The van der Waals surface area contributed by atoms with E-state index in [-0.39, 0.29) is 0 Å². The van der Waals surface area contributed by atoms with Crippen LogP contribution in [-0.2, 0) is 13.6 Å². The lowest BCUT2D eigenvalue weighted by atomic mass is 10.1. The number of hydrogen-bond acceptors (Lipinski definition) is 3. The third kappa shape index (κ3) is 1.97. The van der Waals surface area contributed by atoms with Gasteiger partial charge >= 0.3 is 0 Å². The molecule has 0 saturated heterocycles. The van der Waals surface area contributed by atoms with Crippen molar-refractivity contribution in [1.82, 2.24) is 20.1 Å². The molecule has 2 heterocycles. The Kier molecular flexibility index (Phi) is 3.01. The fourth-order valence-corrected chi connectivity index (χ4v) is 1.72. The van der Waals surface area contributed by atoms with E-state index in [9.17, 15) is 0 Å². The SMILES string of the molecule is CNCc1cncc(-c2cnn(C)c2C)c1. The second-order valence-electron chi connectivity index (χ2n) is 3.88. The predicted molar refractivity (Wildman–Crippen MR) is 63.9 cm³/mol. The summed E-state index contributed by atoms with van der Waals surface area (Å²) < 4.78 is 1.88. The zero-order valence-corrected chi connectivity index (χ0v) is 9.86. The van der Waals surface area contributed by atoms with Crippen molar-refractivity contribution in [1.29, 1.82) is 0 Å². The first-order chi connectivity index (χ1) is 7.72. The van der Waals surface area contributed by atoms with Crippen LogP contribution in [0.2, 0.25) is 0 Å². The molecule has 1 N–H and O–H groups in total. The molecule has 2 aromatic rings. The molecule has 0 amide bonds. The molecule has 2 aromatic heterocycles. The Hall–Kier alpha value is -1.68. The topological polar surface area (TPSA) is 42.7 Å². The van der Waals surface area contributed by atoms with Gasteiger partial charge in [-0.15, -0.1) is 0 Å². The van der Waals surface area contributed by atoms with Gasteiger partial charge in [0.2, 0.25) is 0 Å². The molecule has 0 aliphatic carbocycles. The molecule has 4 nitrogen and oxygen atoms in total. The van der Waals surface area contributed by atoms with Crippen LogP contribution in [0, 0.1) is 6.92 Å². The number of nitrogens with zero attached hydrogens (tertiary/aromatic N) is 3. The summed E-state index contributed by atoms with van der Waals surface area (Å²) in [7, 11) is 3.88. The van der Waals surface area contributed by atoms with Gasteiger partial charge in [0.15, 0.2) is 0 Å². The maximum atomic E-state index is 4.25.